The zero-order chi connectivity index (χ0) is 17.8. The molecule has 0 aliphatic carbocycles. The number of nitrogens with zero attached hydrogens (tertiary/aromatic N) is 1. The smallest absolute Gasteiger partial charge is 0.319 e. The first-order valence-electron chi connectivity index (χ1n) is 7.87. The van der Waals surface area contributed by atoms with Gasteiger partial charge >= 0.3 is 6.03 Å². The van der Waals surface area contributed by atoms with E-state index in [0.29, 0.717) is 37.6 Å². The van der Waals surface area contributed by atoms with E-state index in [2.05, 4.69) is 10.6 Å². The van der Waals surface area contributed by atoms with Gasteiger partial charge < -0.3 is 20.0 Å². The van der Waals surface area contributed by atoms with Crippen LogP contribution in [0.15, 0.2) is 41.2 Å². The molecule has 0 saturated carbocycles. The SMILES string of the molecule is O=C(Nc1ccc(F)cc1F)NC1CCN(C(=O)c2ccoc2)CC1. The van der Waals surface area contributed by atoms with E-state index in [1.165, 1.54) is 12.5 Å². The molecule has 0 spiro atoms. The fourth-order valence-corrected chi connectivity index (χ4v) is 2.73. The maximum absolute atomic E-state index is 13.5. The van der Waals surface area contributed by atoms with Crippen molar-refractivity contribution in [2.75, 3.05) is 18.4 Å². The van der Waals surface area contributed by atoms with Gasteiger partial charge in [0.1, 0.15) is 17.9 Å². The topological polar surface area (TPSA) is 74.6 Å². The first kappa shape index (κ1) is 16.9. The molecule has 25 heavy (non-hydrogen) atoms. The van der Waals surface area contributed by atoms with Crippen LogP contribution in [0.5, 0.6) is 0 Å². The molecule has 1 saturated heterocycles. The number of carbonyl (C=O) groups is 2. The molecule has 8 heteroatoms. The molecule has 1 aromatic heterocycles. The van der Waals surface area contributed by atoms with Gasteiger partial charge in [0, 0.05) is 25.2 Å². The summed E-state index contributed by atoms with van der Waals surface area (Å²) in [6.07, 6.45) is 4.02. The summed E-state index contributed by atoms with van der Waals surface area (Å²) in [5.74, 6) is -1.65. The zero-order valence-corrected chi connectivity index (χ0v) is 13.3. The molecule has 0 unspecified atom stereocenters. The molecule has 3 rings (SSSR count). The van der Waals surface area contributed by atoms with Crippen LogP contribution in [0.1, 0.15) is 23.2 Å². The molecule has 6 nitrogen and oxygen atoms in total. The van der Waals surface area contributed by atoms with Crippen molar-refractivity contribution in [2.45, 2.75) is 18.9 Å². The highest BCUT2D eigenvalue weighted by atomic mass is 19.1. The van der Waals surface area contributed by atoms with Crippen LogP contribution in [-0.2, 0) is 0 Å². The minimum absolute atomic E-state index is 0.0912. The minimum atomic E-state index is -0.837. The lowest BCUT2D eigenvalue weighted by Gasteiger charge is -2.32. The van der Waals surface area contributed by atoms with Gasteiger partial charge in [-0.05, 0) is 31.0 Å². The van der Waals surface area contributed by atoms with Crippen molar-refractivity contribution >= 4 is 17.6 Å². The van der Waals surface area contributed by atoms with Crippen molar-refractivity contribution in [3.63, 3.8) is 0 Å². The Morgan fingerprint density at radius 2 is 1.92 bits per heavy atom. The molecule has 1 fully saturated rings. The third-order valence-electron chi connectivity index (χ3n) is 4.06. The van der Waals surface area contributed by atoms with Crippen LogP contribution in [-0.4, -0.2) is 36.0 Å². The van der Waals surface area contributed by atoms with Crippen molar-refractivity contribution in [3.8, 4) is 0 Å². The van der Waals surface area contributed by atoms with Gasteiger partial charge in [0.15, 0.2) is 0 Å². The number of anilines is 1. The lowest BCUT2D eigenvalue weighted by Crippen LogP contribution is -2.47. The monoisotopic (exact) mass is 349 g/mol. The van der Waals surface area contributed by atoms with Gasteiger partial charge in [-0.1, -0.05) is 0 Å². The van der Waals surface area contributed by atoms with E-state index in [9.17, 15) is 18.4 Å². The zero-order valence-electron chi connectivity index (χ0n) is 13.3. The predicted molar refractivity (Wildman–Crippen MR) is 86.1 cm³/mol. The Morgan fingerprint density at radius 1 is 1.16 bits per heavy atom. The number of benzene rings is 1. The van der Waals surface area contributed by atoms with Crippen molar-refractivity contribution in [2.24, 2.45) is 0 Å². The van der Waals surface area contributed by atoms with Crippen molar-refractivity contribution in [1.82, 2.24) is 10.2 Å². The number of nitrogens with one attached hydrogen (secondary N) is 2. The van der Waals surface area contributed by atoms with Crippen LogP contribution < -0.4 is 10.6 Å². The van der Waals surface area contributed by atoms with Gasteiger partial charge in [0.25, 0.3) is 5.91 Å². The summed E-state index contributed by atoms with van der Waals surface area (Å²) >= 11 is 0. The maximum atomic E-state index is 13.5. The van der Waals surface area contributed by atoms with E-state index in [1.807, 2.05) is 0 Å². The van der Waals surface area contributed by atoms with Gasteiger partial charge in [0.05, 0.1) is 17.5 Å². The van der Waals surface area contributed by atoms with Crippen LogP contribution in [0.4, 0.5) is 19.3 Å². The number of urea groups is 1. The molecule has 0 radical (unpaired) electrons. The molecule has 0 atom stereocenters. The van der Waals surface area contributed by atoms with E-state index < -0.39 is 17.7 Å². The number of hydrogen-bond donors (Lipinski definition) is 2. The van der Waals surface area contributed by atoms with Crippen LogP contribution in [0.2, 0.25) is 0 Å². The lowest BCUT2D eigenvalue weighted by atomic mass is 10.0. The molecule has 132 valence electrons. The first-order valence-corrected chi connectivity index (χ1v) is 7.87. The molecule has 1 aliphatic heterocycles. The summed E-state index contributed by atoms with van der Waals surface area (Å²) in [4.78, 5) is 25.8. The summed E-state index contributed by atoms with van der Waals surface area (Å²) in [6.45, 7) is 1.000. The highest BCUT2D eigenvalue weighted by molar-refractivity contribution is 5.94. The molecule has 2 heterocycles. The number of amides is 3. The van der Waals surface area contributed by atoms with Gasteiger partial charge in [-0.15, -0.1) is 0 Å². The molecular formula is C17H17F2N3O3. The molecular weight excluding hydrogens is 332 g/mol. The first-order chi connectivity index (χ1) is 12.0. The number of rotatable bonds is 3. The minimum Gasteiger partial charge on any atom is -0.472 e. The van der Waals surface area contributed by atoms with Crippen LogP contribution in [0.25, 0.3) is 0 Å². The predicted octanol–water partition coefficient (Wildman–Crippen LogP) is 2.98. The average molecular weight is 349 g/mol. The molecule has 1 aromatic carbocycles. The van der Waals surface area contributed by atoms with Crippen LogP contribution in [0.3, 0.4) is 0 Å². The third kappa shape index (κ3) is 4.14. The Bertz CT molecular complexity index is 757. The van der Waals surface area contributed by atoms with E-state index in [4.69, 9.17) is 4.42 Å². The second-order valence-electron chi connectivity index (χ2n) is 5.80. The van der Waals surface area contributed by atoms with Gasteiger partial charge in [-0.3, -0.25) is 4.79 Å². The maximum Gasteiger partial charge on any atom is 0.319 e. The molecule has 2 aromatic rings. The Hall–Kier alpha value is -2.90. The van der Waals surface area contributed by atoms with Gasteiger partial charge in [-0.2, -0.15) is 0 Å². The Balaban J connectivity index is 1.48. The summed E-state index contributed by atoms with van der Waals surface area (Å²) in [5, 5.41) is 5.09. The number of halogens is 2. The van der Waals surface area contributed by atoms with E-state index in [1.54, 1.807) is 11.0 Å². The number of carbonyl (C=O) groups excluding carboxylic acids is 2. The lowest BCUT2D eigenvalue weighted by molar-refractivity contribution is 0.0708. The standard InChI is InChI=1S/C17H17F2N3O3/c18-12-1-2-15(14(19)9-12)21-17(24)20-13-3-6-22(7-4-13)16(23)11-5-8-25-10-11/h1-2,5,8-10,13H,3-4,6-7H2,(H2,20,21,24). The van der Waals surface area contributed by atoms with Crippen LogP contribution in [0, 0.1) is 11.6 Å². The van der Waals surface area contributed by atoms with Gasteiger partial charge in [0.2, 0.25) is 0 Å². The highest BCUT2D eigenvalue weighted by Gasteiger charge is 2.25. The number of likely N-dealkylation sites (tertiary alicyclic amines) is 1. The average Bonchev–Trinajstić information content (AvgIpc) is 3.12. The fourth-order valence-electron chi connectivity index (χ4n) is 2.73. The normalized spacial score (nSPS) is 15.0. The van der Waals surface area contributed by atoms with Crippen molar-refractivity contribution < 1.29 is 22.8 Å². The molecule has 3 amide bonds. The summed E-state index contributed by atoms with van der Waals surface area (Å²) in [6, 6.07) is 3.85. The third-order valence-corrected chi connectivity index (χ3v) is 4.06. The second-order valence-corrected chi connectivity index (χ2v) is 5.80. The van der Waals surface area contributed by atoms with E-state index in [-0.39, 0.29) is 17.6 Å². The Kier molecular flexibility index (Phi) is 4.97. The summed E-state index contributed by atoms with van der Waals surface area (Å²) in [5.41, 5.74) is 0.405. The van der Waals surface area contributed by atoms with Gasteiger partial charge in [-0.25, -0.2) is 13.6 Å². The fraction of sp³-hybridized carbons (Fsp3) is 0.294. The van der Waals surface area contributed by atoms with Crippen LogP contribution >= 0.6 is 0 Å². The molecule has 2 N–H and O–H groups in total. The van der Waals surface area contributed by atoms with Crippen molar-refractivity contribution in [1.29, 1.82) is 0 Å². The Labute approximate surface area is 142 Å². The number of piperidine rings is 1. The van der Waals surface area contributed by atoms with E-state index >= 15 is 0 Å². The second kappa shape index (κ2) is 7.33. The molecule has 1 aliphatic rings. The largest absolute Gasteiger partial charge is 0.472 e. The van der Waals surface area contributed by atoms with Crippen molar-refractivity contribution in [3.05, 3.63) is 54.0 Å². The Morgan fingerprint density at radius 3 is 2.56 bits per heavy atom. The molecule has 0 bridgehead atoms. The number of furan rings is 1. The van der Waals surface area contributed by atoms with E-state index in [0.717, 1.165) is 12.1 Å². The quantitative estimate of drug-likeness (QED) is 0.895. The number of hydrogen-bond acceptors (Lipinski definition) is 3. The summed E-state index contributed by atoms with van der Waals surface area (Å²) in [7, 11) is 0. The summed E-state index contributed by atoms with van der Waals surface area (Å²) < 4.78 is 31.3. The highest BCUT2D eigenvalue weighted by Crippen LogP contribution is 2.16.